The molecule has 0 fully saturated rings. The Labute approximate surface area is 93.4 Å². The van der Waals surface area contributed by atoms with Crippen LogP contribution in [0.5, 0.6) is 0 Å². The summed E-state index contributed by atoms with van der Waals surface area (Å²) in [5, 5.41) is 0. The van der Waals surface area contributed by atoms with Crippen molar-refractivity contribution in [1.29, 1.82) is 0 Å². The summed E-state index contributed by atoms with van der Waals surface area (Å²) in [6, 6.07) is 1.62. The third-order valence-corrected chi connectivity index (χ3v) is 2.36. The van der Waals surface area contributed by atoms with E-state index in [0.29, 0.717) is 12.4 Å². The van der Waals surface area contributed by atoms with Gasteiger partial charge in [0.1, 0.15) is 0 Å². The lowest BCUT2D eigenvalue weighted by atomic mass is 10.5. The molecule has 0 aromatic carbocycles. The summed E-state index contributed by atoms with van der Waals surface area (Å²) in [5.74, 6) is 0.676. The third kappa shape index (κ3) is 1.76. The first kappa shape index (κ1) is 10.6. The molecule has 84 valence electrons. The van der Waals surface area contributed by atoms with E-state index in [1.54, 1.807) is 34.0 Å². The van der Waals surface area contributed by atoms with Gasteiger partial charge in [-0.1, -0.05) is 6.92 Å². The normalized spacial score (nSPS) is 10.6. The van der Waals surface area contributed by atoms with E-state index in [0.717, 1.165) is 12.1 Å². The number of hydrogen-bond acceptors (Lipinski definition) is 3. The van der Waals surface area contributed by atoms with Crippen LogP contribution >= 0.6 is 0 Å². The summed E-state index contributed by atoms with van der Waals surface area (Å²) in [6.45, 7) is 4.61. The molecule has 0 aliphatic rings. The summed E-state index contributed by atoms with van der Waals surface area (Å²) >= 11 is 0. The molecule has 2 rings (SSSR count). The van der Waals surface area contributed by atoms with E-state index in [1.807, 2.05) is 13.8 Å². The van der Waals surface area contributed by atoms with Gasteiger partial charge in [-0.3, -0.25) is 9.78 Å². The highest BCUT2D eigenvalue weighted by molar-refractivity contribution is 5.20. The quantitative estimate of drug-likeness (QED) is 0.776. The molecule has 0 amide bonds. The predicted octanol–water partition coefficient (Wildman–Crippen LogP) is 1.15. The maximum Gasteiger partial charge on any atom is 0.267 e. The fraction of sp³-hybridized carbons (Fsp3) is 0.364. The zero-order valence-corrected chi connectivity index (χ0v) is 9.42. The van der Waals surface area contributed by atoms with Crippen molar-refractivity contribution in [2.24, 2.45) is 0 Å². The minimum Gasteiger partial charge on any atom is -0.268 e. The minimum absolute atomic E-state index is 0.00463. The van der Waals surface area contributed by atoms with Crippen LogP contribution < -0.4 is 5.56 Å². The molecule has 2 aromatic heterocycles. The molecule has 0 aliphatic carbocycles. The van der Waals surface area contributed by atoms with Crippen LogP contribution in [0.4, 0.5) is 0 Å². The fourth-order valence-corrected chi connectivity index (χ4v) is 1.73. The third-order valence-electron chi connectivity index (χ3n) is 2.36. The zero-order chi connectivity index (χ0) is 11.5. The molecular formula is C11H14N4O. The van der Waals surface area contributed by atoms with Crippen LogP contribution in [0, 0.1) is 6.92 Å². The van der Waals surface area contributed by atoms with Crippen molar-refractivity contribution in [2.75, 3.05) is 0 Å². The molecule has 5 heteroatoms. The van der Waals surface area contributed by atoms with Crippen molar-refractivity contribution >= 4 is 0 Å². The SMILES string of the molecule is CCCn1c(=O)cc(C)n1-c1cnccn1. The van der Waals surface area contributed by atoms with E-state index in [4.69, 9.17) is 0 Å². The molecule has 0 N–H and O–H groups in total. The molecule has 0 saturated heterocycles. The van der Waals surface area contributed by atoms with Crippen LogP contribution in [-0.4, -0.2) is 19.3 Å². The Kier molecular flexibility index (Phi) is 2.85. The highest BCUT2D eigenvalue weighted by Crippen LogP contribution is 2.05. The molecule has 0 radical (unpaired) electrons. The minimum atomic E-state index is 0.00463. The molecule has 0 bridgehead atoms. The molecule has 16 heavy (non-hydrogen) atoms. The largest absolute Gasteiger partial charge is 0.268 e. The van der Waals surface area contributed by atoms with Gasteiger partial charge in [0.2, 0.25) is 0 Å². The fourth-order valence-electron chi connectivity index (χ4n) is 1.73. The van der Waals surface area contributed by atoms with E-state index in [1.165, 1.54) is 0 Å². The second-order valence-corrected chi connectivity index (χ2v) is 3.62. The Hall–Kier alpha value is -1.91. The summed E-state index contributed by atoms with van der Waals surface area (Å²) in [7, 11) is 0. The molecule has 2 heterocycles. The second kappa shape index (κ2) is 4.30. The van der Waals surface area contributed by atoms with E-state index in [9.17, 15) is 4.79 Å². The molecule has 0 atom stereocenters. The highest BCUT2D eigenvalue weighted by atomic mass is 16.1. The Morgan fingerprint density at radius 2 is 2.19 bits per heavy atom. The standard InChI is InChI=1S/C11H14N4O/c1-3-6-14-11(16)7-9(2)15(14)10-8-12-4-5-13-10/h4-5,7-8H,3,6H2,1-2H3. The summed E-state index contributed by atoms with van der Waals surface area (Å²) in [6.07, 6.45) is 5.79. The van der Waals surface area contributed by atoms with Crippen molar-refractivity contribution in [2.45, 2.75) is 26.8 Å². The first-order valence-corrected chi connectivity index (χ1v) is 5.30. The summed E-state index contributed by atoms with van der Waals surface area (Å²) in [5.41, 5.74) is 0.879. The van der Waals surface area contributed by atoms with Gasteiger partial charge in [0.15, 0.2) is 5.82 Å². The van der Waals surface area contributed by atoms with Gasteiger partial charge in [-0.25, -0.2) is 14.3 Å². The summed E-state index contributed by atoms with van der Waals surface area (Å²) < 4.78 is 3.48. The molecule has 0 aliphatic heterocycles. The first-order chi connectivity index (χ1) is 7.74. The topological polar surface area (TPSA) is 52.7 Å². The first-order valence-electron chi connectivity index (χ1n) is 5.30. The molecule has 0 unspecified atom stereocenters. The molecule has 0 spiro atoms. The van der Waals surface area contributed by atoms with E-state index in [-0.39, 0.29) is 5.56 Å². The molecule has 5 nitrogen and oxygen atoms in total. The lowest BCUT2D eigenvalue weighted by Crippen LogP contribution is -2.22. The van der Waals surface area contributed by atoms with Gasteiger partial charge in [0.05, 0.1) is 6.20 Å². The van der Waals surface area contributed by atoms with E-state index < -0.39 is 0 Å². The molecular weight excluding hydrogens is 204 g/mol. The number of rotatable bonds is 3. The van der Waals surface area contributed by atoms with Gasteiger partial charge in [0, 0.05) is 30.7 Å². The maximum atomic E-state index is 11.7. The lowest BCUT2D eigenvalue weighted by Gasteiger charge is -2.11. The number of hydrogen-bond donors (Lipinski definition) is 0. The average molecular weight is 218 g/mol. The van der Waals surface area contributed by atoms with Crippen molar-refractivity contribution < 1.29 is 0 Å². The van der Waals surface area contributed by atoms with Gasteiger partial charge in [-0.05, 0) is 13.3 Å². The van der Waals surface area contributed by atoms with E-state index in [2.05, 4.69) is 9.97 Å². The van der Waals surface area contributed by atoms with Crippen LogP contribution in [0.25, 0.3) is 5.82 Å². The van der Waals surface area contributed by atoms with Gasteiger partial charge in [-0.2, -0.15) is 0 Å². The van der Waals surface area contributed by atoms with Gasteiger partial charge in [0.25, 0.3) is 5.56 Å². The Balaban J connectivity index is 2.60. The van der Waals surface area contributed by atoms with Crippen molar-refractivity contribution in [1.82, 2.24) is 19.3 Å². The smallest absolute Gasteiger partial charge is 0.267 e. The van der Waals surface area contributed by atoms with Crippen LogP contribution in [0.2, 0.25) is 0 Å². The average Bonchev–Trinajstić information content (AvgIpc) is 2.56. The number of nitrogens with zero attached hydrogens (tertiary/aromatic N) is 4. The summed E-state index contributed by atoms with van der Waals surface area (Å²) in [4.78, 5) is 19.9. The Morgan fingerprint density at radius 3 is 2.81 bits per heavy atom. The molecule has 2 aromatic rings. The number of aryl methyl sites for hydroxylation is 1. The number of aromatic nitrogens is 4. The zero-order valence-electron chi connectivity index (χ0n) is 9.42. The highest BCUT2D eigenvalue weighted by Gasteiger charge is 2.09. The van der Waals surface area contributed by atoms with Gasteiger partial charge in [-0.15, -0.1) is 0 Å². The predicted molar refractivity (Wildman–Crippen MR) is 60.6 cm³/mol. The van der Waals surface area contributed by atoms with Crippen LogP contribution in [0.15, 0.2) is 29.5 Å². The van der Waals surface area contributed by atoms with Crippen molar-refractivity contribution in [3.8, 4) is 5.82 Å². The van der Waals surface area contributed by atoms with Crippen molar-refractivity contribution in [3.63, 3.8) is 0 Å². The van der Waals surface area contributed by atoms with Crippen LogP contribution in [0.1, 0.15) is 19.0 Å². The second-order valence-electron chi connectivity index (χ2n) is 3.62. The lowest BCUT2D eigenvalue weighted by molar-refractivity contribution is 0.516. The Bertz CT molecular complexity index is 527. The maximum absolute atomic E-state index is 11.7. The monoisotopic (exact) mass is 218 g/mol. The van der Waals surface area contributed by atoms with Crippen molar-refractivity contribution in [3.05, 3.63) is 40.7 Å². The Morgan fingerprint density at radius 1 is 1.38 bits per heavy atom. The molecule has 0 saturated carbocycles. The van der Waals surface area contributed by atoms with Crippen LogP contribution in [0.3, 0.4) is 0 Å². The van der Waals surface area contributed by atoms with Gasteiger partial charge < -0.3 is 0 Å². The van der Waals surface area contributed by atoms with Crippen LogP contribution in [-0.2, 0) is 6.54 Å². The van der Waals surface area contributed by atoms with E-state index >= 15 is 0 Å². The van der Waals surface area contributed by atoms with Gasteiger partial charge >= 0.3 is 0 Å².